The van der Waals surface area contributed by atoms with Gasteiger partial charge in [-0.2, -0.15) is 0 Å². The molecule has 6 nitrogen and oxygen atoms in total. The summed E-state index contributed by atoms with van der Waals surface area (Å²) in [6.45, 7) is 5.86. The summed E-state index contributed by atoms with van der Waals surface area (Å²) in [5.41, 5.74) is 2.99. The fourth-order valence-corrected chi connectivity index (χ4v) is 3.11. The Kier molecular flexibility index (Phi) is 10.8. The van der Waals surface area contributed by atoms with Gasteiger partial charge in [0.2, 0.25) is 0 Å². The second kappa shape index (κ2) is 12.5. The molecule has 0 spiro atoms. The number of nitrogens with one attached hydrogen (secondary N) is 2. The zero-order chi connectivity index (χ0) is 22.1. The van der Waals surface area contributed by atoms with Crippen molar-refractivity contribution in [2.24, 2.45) is 4.99 Å². The normalized spacial score (nSPS) is 11.4. The number of hydrogen-bond donors (Lipinski definition) is 2. The van der Waals surface area contributed by atoms with E-state index < -0.39 is 0 Å². The maximum atomic E-state index is 12.1. The van der Waals surface area contributed by atoms with E-state index in [0.29, 0.717) is 5.56 Å². The van der Waals surface area contributed by atoms with Crippen LogP contribution < -0.4 is 15.4 Å². The molecule has 0 saturated heterocycles. The molecular formula is C24H35IN4O2. The Bertz CT molecular complexity index is 864. The Morgan fingerprint density at radius 1 is 1.10 bits per heavy atom. The maximum absolute atomic E-state index is 12.1. The van der Waals surface area contributed by atoms with Crippen LogP contribution in [-0.4, -0.2) is 58.1 Å². The number of hydrogen-bond acceptors (Lipinski definition) is 3. The van der Waals surface area contributed by atoms with E-state index in [1.54, 1.807) is 33.2 Å². The quantitative estimate of drug-likeness (QED) is 0.306. The summed E-state index contributed by atoms with van der Waals surface area (Å²) in [6.07, 6.45) is 0.803. The lowest BCUT2D eigenvalue weighted by Gasteiger charge is -2.27. The first-order valence-electron chi connectivity index (χ1n) is 10.2. The lowest BCUT2D eigenvalue weighted by Crippen LogP contribution is -2.44. The van der Waals surface area contributed by atoms with Gasteiger partial charge in [-0.25, -0.2) is 0 Å². The number of benzene rings is 2. The predicted molar refractivity (Wildman–Crippen MR) is 139 cm³/mol. The smallest absolute Gasteiger partial charge is 0.253 e. The third kappa shape index (κ3) is 8.05. The van der Waals surface area contributed by atoms with Crippen LogP contribution in [0.15, 0.2) is 53.5 Å². The summed E-state index contributed by atoms with van der Waals surface area (Å²) < 4.78 is 5.24. The van der Waals surface area contributed by atoms with Gasteiger partial charge in [0.25, 0.3) is 5.91 Å². The summed E-state index contributed by atoms with van der Waals surface area (Å²) in [6, 6.07) is 15.9. The lowest BCUT2D eigenvalue weighted by molar-refractivity contribution is 0.0827. The summed E-state index contributed by atoms with van der Waals surface area (Å²) in [5.74, 6) is 1.64. The number of carbonyl (C=O) groups excluding carboxylic acids is 1. The van der Waals surface area contributed by atoms with Crippen LogP contribution in [-0.2, 0) is 11.8 Å². The molecule has 2 N–H and O–H groups in total. The van der Waals surface area contributed by atoms with Gasteiger partial charge in [-0.1, -0.05) is 38.1 Å². The molecule has 0 fully saturated rings. The Morgan fingerprint density at radius 2 is 1.77 bits per heavy atom. The fourth-order valence-electron chi connectivity index (χ4n) is 3.11. The van der Waals surface area contributed by atoms with Gasteiger partial charge in [-0.3, -0.25) is 9.79 Å². The van der Waals surface area contributed by atoms with Gasteiger partial charge >= 0.3 is 0 Å². The molecule has 7 heteroatoms. The minimum atomic E-state index is -0.0647. The van der Waals surface area contributed by atoms with Gasteiger partial charge in [0, 0.05) is 45.2 Å². The van der Waals surface area contributed by atoms with Crippen LogP contribution in [0.3, 0.4) is 0 Å². The second-order valence-electron chi connectivity index (χ2n) is 8.11. The van der Waals surface area contributed by atoms with Crippen molar-refractivity contribution < 1.29 is 9.53 Å². The number of halogens is 1. The molecule has 2 aromatic carbocycles. The second-order valence-corrected chi connectivity index (χ2v) is 8.11. The first-order valence-corrected chi connectivity index (χ1v) is 10.2. The summed E-state index contributed by atoms with van der Waals surface area (Å²) >= 11 is 0. The number of rotatable bonds is 8. The Hall–Kier alpha value is -2.29. The van der Waals surface area contributed by atoms with Crippen molar-refractivity contribution in [3.63, 3.8) is 0 Å². The molecule has 0 aliphatic rings. The van der Waals surface area contributed by atoms with Crippen molar-refractivity contribution >= 4 is 35.8 Å². The van der Waals surface area contributed by atoms with Crippen molar-refractivity contribution in [2.45, 2.75) is 25.7 Å². The van der Waals surface area contributed by atoms with Crippen LogP contribution >= 0.6 is 24.0 Å². The monoisotopic (exact) mass is 538 g/mol. The van der Waals surface area contributed by atoms with Crippen LogP contribution in [0.4, 0.5) is 0 Å². The number of nitrogens with zero attached hydrogens (tertiary/aromatic N) is 2. The summed E-state index contributed by atoms with van der Waals surface area (Å²) in [4.78, 5) is 18.0. The van der Waals surface area contributed by atoms with Crippen molar-refractivity contribution in [3.05, 3.63) is 65.2 Å². The van der Waals surface area contributed by atoms with Crippen molar-refractivity contribution in [2.75, 3.05) is 41.3 Å². The molecule has 31 heavy (non-hydrogen) atoms. The topological polar surface area (TPSA) is 66.0 Å². The van der Waals surface area contributed by atoms with Crippen LogP contribution in [0.2, 0.25) is 0 Å². The standard InChI is InChI=1S/C24H34N4O2.HI/c1-24(2,20-10-12-21(30-6)13-11-20)17-27-23(25-3)26-15-14-18-8-7-9-19(16-18)22(29)28(4)5;/h7-13,16H,14-15,17H2,1-6H3,(H2,25,26,27);1H. The maximum Gasteiger partial charge on any atom is 0.253 e. The van der Waals surface area contributed by atoms with E-state index in [1.807, 2.05) is 36.4 Å². The highest BCUT2D eigenvalue weighted by Crippen LogP contribution is 2.24. The molecule has 2 aromatic rings. The highest BCUT2D eigenvalue weighted by Gasteiger charge is 2.21. The molecule has 0 saturated carbocycles. The zero-order valence-corrected chi connectivity index (χ0v) is 21.7. The van der Waals surface area contributed by atoms with E-state index in [-0.39, 0.29) is 35.3 Å². The molecule has 0 aliphatic carbocycles. The van der Waals surface area contributed by atoms with Crippen LogP contribution in [0.5, 0.6) is 5.75 Å². The average Bonchev–Trinajstić information content (AvgIpc) is 2.75. The minimum Gasteiger partial charge on any atom is -0.497 e. The Balaban J connectivity index is 0.00000480. The third-order valence-corrected chi connectivity index (χ3v) is 5.08. The van der Waals surface area contributed by atoms with Gasteiger partial charge in [-0.05, 0) is 41.8 Å². The van der Waals surface area contributed by atoms with E-state index >= 15 is 0 Å². The number of ether oxygens (including phenoxy) is 1. The molecule has 0 aromatic heterocycles. The molecule has 0 heterocycles. The molecule has 0 bridgehead atoms. The van der Waals surface area contributed by atoms with E-state index in [1.165, 1.54) is 5.56 Å². The molecule has 2 rings (SSSR count). The first kappa shape index (κ1) is 26.7. The van der Waals surface area contributed by atoms with Crippen LogP contribution in [0.1, 0.15) is 35.3 Å². The highest BCUT2D eigenvalue weighted by molar-refractivity contribution is 14.0. The fraction of sp³-hybridized carbons (Fsp3) is 0.417. The number of amides is 1. The highest BCUT2D eigenvalue weighted by atomic mass is 127. The van der Waals surface area contributed by atoms with Crippen LogP contribution in [0, 0.1) is 0 Å². The van der Waals surface area contributed by atoms with E-state index in [9.17, 15) is 4.79 Å². The SMILES string of the molecule is CN=C(NCCc1cccc(C(=O)N(C)C)c1)NCC(C)(C)c1ccc(OC)cc1.I. The number of carbonyl (C=O) groups is 1. The molecule has 1 amide bonds. The number of methoxy groups -OCH3 is 1. The molecular weight excluding hydrogens is 503 g/mol. The largest absolute Gasteiger partial charge is 0.497 e. The third-order valence-electron chi connectivity index (χ3n) is 5.08. The predicted octanol–water partition coefficient (Wildman–Crippen LogP) is 3.70. The first-order chi connectivity index (χ1) is 14.3. The number of aliphatic imine (C=N–C) groups is 1. The number of guanidine groups is 1. The minimum absolute atomic E-state index is 0. The summed E-state index contributed by atoms with van der Waals surface area (Å²) in [5, 5.41) is 6.77. The van der Waals surface area contributed by atoms with Gasteiger partial charge in [0.05, 0.1) is 7.11 Å². The molecule has 0 unspecified atom stereocenters. The molecule has 170 valence electrons. The van der Waals surface area contributed by atoms with Crippen LogP contribution in [0.25, 0.3) is 0 Å². The lowest BCUT2D eigenvalue weighted by atomic mass is 9.84. The van der Waals surface area contributed by atoms with Gasteiger partial charge in [0.15, 0.2) is 5.96 Å². The van der Waals surface area contributed by atoms with Gasteiger partial charge in [0.1, 0.15) is 5.75 Å². The van der Waals surface area contributed by atoms with E-state index in [2.05, 4.69) is 41.6 Å². The van der Waals surface area contributed by atoms with Gasteiger partial charge in [-0.15, -0.1) is 24.0 Å². The summed E-state index contributed by atoms with van der Waals surface area (Å²) in [7, 11) is 6.97. The van der Waals surface area contributed by atoms with Crippen molar-refractivity contribution in [1.29, 1.82) is 0 Å². The zero-order valence-electron chi connectivity index (χ0n) is 19.4. The van der Waals surface area contributed by atoms with Gasteiger partial charge < -0.3 is 20.3 Å². The molecule has 0 atom stereocenters. The van der Waals surface area contributed by atoms with E-state index in [0.717, 1.165) is 36.8 Å². The van der Waals surface area contributed by atoms with Crippen molar-refractivity contribution in [1.82, 2.24) is 15.5 Å². The molecule has 0 aliphatic heterocycles. The average molecular weight is 538 g/mol. The Labute approximate surface area is 203 Å². The molecule has 0 radical (unpaired) electrons. The van der Waals surface area contributed by atoms with Crippen molar-refractivity contribution in [3.8, 4) is 5.75 Å². The van der Waals surface area contributed by atoms with E-state index in [4.69, 9.17) is 4.74 Å². The Morgan fingerprint density at radius 3 is 2.35 bits per heavy atom.